The van der Waals surface area contributed by atoms with Crippen LogP contribution in [0.25, 0.3) is 0 Å². The van der Waals surface area contributed by atoms with Crippen LogP contribution in [0.3, 0.4) is 0 Å². The SMILES string of the molecule is C1=CC2c3ccccc3C1N2c1ccccc1. The molecule has 0 saturated carbocycles. The largest absolute Gasteiger partial charge is 0.350 e. The number of rotatable bonds is 1. The van der Waals surface area contributed by atoms with E-state index in [4.69, 9.17) is 0 Å². The maximum Gasteiger partial charge on any atom is 0.0740 e. The van der Waals surface area contributed by atoms with Gasteiger partial charge in [0.25, 0.3) is 0 Å². The van der Waals surface area contributed by atoms with Gasteiger partial charge in [-0.2, -0.15) is 0 Å². The van der Waals surface area contributed by atoms with Crippen LogP contribution < -0.4 is 4.90 Å². The van der Waals surface area contributed by atoms with Crippen LogP contribution in [0.15, 0.2) is 66.7 Å². The van der Waals surface area contributed by atoms with Crippen molar-refractivity contribution in [1.82, 2.24) is 0 Å². The van der Waals surface area contributed by atoms with E-state index in [2.05, 4.69) is 71.6 Å². The molecule has 1 heteroatoms. The predicted molar refractivity (Wildman–Crippen MR) is 70.0 cm³/mol. The molecule has 0 fully saturated rings. The number of hydrogen-bond donors (Lipinski definition) is 0. The fourth-order valence-corrected chi connectivity index (χ4v) is 3.05. The van der Waals surface area contributed by atoms with Crippen LogP contribution in [0.2, 0.25) is 0 Å². The van der Waals surface area contributed by atoms with Gasteiger partial charge in [0.05, 0.1) is 12.1 Å². The van der Waals surface area contributed by atoms with Crippen LogP contribution in [0.4, 0.5) is 5.69 Å². The normalized spacial score (nSPS) is 24.1. The van der Waals surface area contributed by atoms with E-state index in [1.54, 1.807) is 0 Å². The summed E-state index contributed by atoms with van der Waals surface area (Å²) in [6.45, 7) is 0. The monoisotopic (exact) mass is 219 g/mol. The Kier molecular flexibility index (Phi) is 1.72. The van der Waals surface area contributed by atoms with Crippen LogP contribution in [0.1, 0.15) is 23.2 Å². The molecule has 0 N–H and O–H groups in total. The van der Waals surface area contributed by atoms with E-state index < -0.39 is 0 Å². The minimum Gasteiger partial charge on any atom is -0.350 e. The molecule has 2 heterocycles. The molecule has 0 saturated heterocycles. The van der Waals surface area contributed by atoms with Gasteiger partial charge in [0.15, 0.2) is 0 Å². The van der Waals surface area contributed by atoms with Crippen molar-refractivity contribution in [2.45, 2.75) is 12.1 Å². The third kappa shape index (κ3) is 1.14. The Hall–Kier alpha value is -2.02. The van der Waals surface area contributed by atoms with Gasteiger partial charge in [-0.05, 0) is 23.3 Å². The lowest BCUT2D eigenvalue weighted by Gasteiger charge is -2.25. The summed E-state index contributed by atoms with van der Waals surface area (Å²) in [5.74, 6) is 0. The number of nitrogens with zero attached hydrogens (tertiary/aromatic N) is 1. The summed E-state index contributed by atoms with van der Waals surface area (Å²) in [4.78, 5) is 2.49. The van der Waals surface area contributed by atoms with Crippen LogP contribution in [-0.4, -0.2) is 0 Å². The Balaban J connectivity index is 1.85. The third-order valence-corrected chi connectivity index (χ3v) is 3.76. The van der Waals surface area contributed by atoms with Crippen molar-refractivity contribution in [3.05, 3.63) is 77.9 Å². The van der Waals surface area contributed by atoms with Gasteiger partial charge in [-0.25, -0.2) is 0 Å². The standard InChI is InChI=1S/C16H13N/c1-2-6-12(7-3-1)17-15-10-11-16(17)14-9-5-4-8-13(14)15/h1-11,15-16H. The summed E-state index contributed by atoms with van der Waals surface area (Å²) in [6.07, 6.45) is 4.64. The molecule has 2 aliphatic heterocycles. The molecular formula is C16H13N. The maximum atomic E-state index is 2.49. The molecule has 0 spiro atoms. The Morgan fingerprint density at radius 2 is 1.18 bits per heavy atom. The maximum absolute atomic E-state index is 2.49. The second-order valence-corrected chi connectivity index (χ2v) is 4.65. The first kappa shape index (κ1) is 9.06. The van der Waals surface area contributed by atoms with Gasteiger partial charge in [-0.15, -0.1) is 0 Å². The fourth-order valence-electron chi connectivity index (χ4n) is 3.05. The van der Waals surface area contributed by atoms with Crippen molar-refractivity contribution in [1.29, 1.82) is 0 Å². The van der Waals surface area contributed by atoms with E-state index in [0.29, 0.717) is 12.1 Å². The molecule has 0 radical (unpaired) electrons. The molecule has 0 amide bonds. The highest BCUT2D eigenvalue weighted by Gasteiger charge is 2.39. The first-order chi connectivity index (χ1) is 8.45. The van der Waals surface area contributed by atoms with Crippen molar-refractivity contribution in [2.24, 2.45) is 0 Å². The number of benzene rings is 2. The summed E-state index contributed by atoms with van der Waals surface area (Å²) in [5, 5.41) is 0. The predicted octanol–water partition coefficient (Wildman–Crippen LogP) is 3.86. The average Bonchev–Trinajstić information content (AvgIpc) is 2.97. The lowest BCUT2D eigenvalue weighted by atomic mass is 9.97. The molecule has 2 bridgehead atoms. The summed E-state index contributed by atoms with van der Waals surface area (Å²) < 4.78 is 0. The molecule has 2 aliphatic rings. The minimum absolute atomic E-state index is 0.429. The summed E-state index contributed by atoms with van der Waals surface area (Å²) >= 11 is 0. The molecule has 82 valence electrons. The molecule has 1 nitrogen and oxygen atoms in total. The van der Waals surface area contributed by atoms with Crippen molar-refractivity contribution < 1.29 is 0 Å². The Morgan fingerprint density at radius 1 is 0.647 bits per heavy atom. The van der Waals surface area contributed by atoms with Crippen LogP contribution in [-0.2, 0) is 0 Å². The van der Waals surface area contributed by atoms with Crippen molar-refractivity contribution in [2.75, 3.05) is 4.90 Å². The zero-order valence-corrected chi connectivity index (χ0v) is 9.45. The van der Waals surface area contributed by atoms with E-state index in [9.17, 15) is 0 Å². The van der Waals surface area contributed by atoms with Gasteiger partial charge < -0.3 is 4.90 Å². The topological polar surface area (TPSA) is 3.24 Å². The molecule has 2 unspecified atom stereocenters. The van der Waals surface area contributed by atoms with Gasteiger partial charge in [0.2, 0.25) is 0 Å². The lowest BCUT2D eigenvalue weighted by molar-refractivity contribution is 0.784. The molecule has 0 aromatic heterocycles. The smallest absolute Gasteiger partial charge is 0.0740 e. The lowest BCUT2D eigenvalue weighted by Crippen LogP contribution is -2.18. The molecule has 2 atom stereocenters. The van der Waals surface area contributed by atoms with Crippen molar-refractivity contribution >= 4 is 5.69 Å². The number of fused-ring (bicyclic) bond motifs is 5. The zero-order valence-electron chi connectivity index (χ0n) is 9.45. The van der Waals surface area contributed by atoms with Crippen molar-refractivity contribution in [3.8, 4) is 0 Å². The van der Waals surface area contributed by atoms with E-state index in [0.717, 1.165) is 0 Å². The molecule has 4 rings (SSSR count). The Bertz CT molecular complexity index is 552. The number of hydrogen-bond acceptors (Lipinski definition) is 1. The third-order valence-electron chi connectivity index (χ3n) is 3.76. The van der Waals surface area contributed by atoms with Gasteiger partial charge >= 0.3 is 0 Å². The van der Waals surface area contributed by atoms with E-state index in [1.807, 2.05) is 0 Å². The summed E-state index contributed by atoms with van der Waals surface area (Å²) in [5.41, 5.74) is 4.23. The highest BCUT2D eigenvalue weighted by atomic mass is 15.2. The van der Waals surface area contributed by atoms with E-state index in [-0.39, 0.29) is 0 Å². The quantitative estimate of drug-likeness (QED) is 0.658. The number of para-hydroxylation sites is 1. The molecular weight excluding hydrogens is 206 g/mol. The first-order valence-electron chi connectivity index (χ1n) is 6.06. The van der Waals surface area contributed by atoms with Crippen molar-refractivity contribution in [3.63, 3.8) is 0 Å². The molecule has 2 aromatic carbocycles. The Labute approximate surface area is 101 Å². The van der Waals surface area contributed by atoms with Gasteiger partial charge in [-0.3, -0.25) is 0 Å². The van der Waals surface area contributed by atoms with Gasteiger partial charge in [0.1, 0.15) is 0 Å². The molecule has 0 aliphatic carbocycles. The van der Waals surface area contributed by atoms with Crippen LogP contribution >= 0.6 is 0 Å². The second-order valence-electron chi connectivity index (χ2n) is 4.65. The van der Waals surface area contributed by atoms with Crippen LogP contribution in [0.5, 0.6) is 0 Å². The van der Waals surface area contributed by atoms with E-state index in [1.165, 1.54) is 16.8 Å². The first-order valence-corrected chi connectivity index (χ1v) is 6.06. The van der Waals surface area contributed by atoms with E-state index >= 15 is 0 Å². The van der Waals surface area contributed by atoms with Gasteiger partial charge in [-0.1, -0.05) is 54.6 Å². The highest BCUT2D eigenvalue weighted by molar-refractivity contribution is 5.63. The average molecular weight is 219 g/mol. The van der Waals surface area contributed by atoms with Crippen LogP contribution in [0, 0.1) is 0 Å². The zero-order chi connectivity index (χ0) is 11.2. The summed E-state index contributed by atoms with van der Waals surface area (Å²) in [6, 6.07) is 20.3. The second kappa shape index (κ2) is 3.24. The summed E-state index contributed by atoms with van der Waals surface area (Å²) in [7, 11) is 0. The van der Waals surface area contributed by atoms with Gasteiger partial charge in [0, 0.05) is 5.69 Å². The Morgan fingerprint density at radius 3 is 1.76 bits per heavy atom. The molecule has 2 aromatic rings. The minimum atomic E-state index is 0.429. The molecule has 17 heavy (non-hydrogen) atoms. The fraction of sp³-hybridized carbons (Fsp3) is 0.125. The number of anilines is 1. The highest BCUT2D eigenvalue weighted by Crippen LogP contribution is 2.50.